The molecule has 0 bridgehead atoms. The smallest absolute Gasteiger partial charge is 0.407 e. The molecule has 0 saturated carbocycles. The van der Waals surface area contributed by atoms with E-state index >= 15 is 0 Å². The van der Waals surface area contributed by atoms with Crippen LogP contribution in [0.3, 0.4) is 0 Å². The zero-order chi connectivity index (χ0) is 32.2. The van der Waals surface area contributed by atoms with Gasteiger partial charge in [-0.1, -0.05) is 77.3 Å². The van der Waals surface area contributed by atoms with E-state index in [1.165, 1.54) is 9.80 Å². The molecular formula is C34H30Cl3N5O3. The van der Waals surface area contributed by atoms with Gasteiger partial charge in [0.15, 0.2) is 0 Å². The number of carboxylic acid groups (broad SMARTS) is 1. The van der Waals surface area contributed by atoms with Crippen molar-refractivity contribution in [2.45, 2.75) is 24.9 Å². The minimum Gasteiger partial charge on any atom is -0.465 e. The van der Waals surface area contributed by atoms with Crippen molar-refractivity contribution in [3.05, 3.63) is 116 Å². The first-order valence-electron chi connectivity index (χ1n) is 14.2. The predicted molar refractivity (Wildman–Crippen MR) is 177 cm³/mol. The highest BCUT2D eigenvalue weighted by atomic mass is 35.5. The number of anilines is 1. The number of hydrogen-bond acceptors (Lipinski definition) is 5. The number of pyridine rings is 1. The molecule has 1 aliphatic heterocycles. The van der Waals surface area contributed by atoms with E-state index < -0.39 is 18.2 Å². The fraction of sp³-hybridized carbons (Fsp3) is 0.235. The van der Waals surface area contributed by atoms with Gasteiger partial charge in [0.1, 0.15) is 11.9 Å². The summed E-state index contributed by atoms with van der Waals surface area (Å²) in [6, 6.07) is 22.9. The van der Waals surface area contributed by atoms with E-state index in [1.54, 1.807) is 56.7 Å². The average Bonchev–Trinajstić information content (AvgIpc) is 3.02. The molecule has 1 N–H and O–H groups in total. The van der Waals surface area contributed by atoms with Gasteiger partial charge >= 0.3 is 6.09 Å². The van der Waals surface area contributed by atoms with Crippen LogP contribution in [0.25, 0.3) is 11.1 Å². The van der Waals surface area contributed by atoms with E-state index in [4.69, 9.17) is 39.8 Å². The zero-order valence-electron chi connectivity index (χ0n) is 24.6. The molecule has 1 saturated heterocycles. The normalized spacial score (nSPS) is 16.3. The minimum absolute atomic E-state index is 0.212. The molecule has 8 nitrogen and oxygen atoms in total. The van der Waals surface area contributed by atoms with Gasteiger partial charge in [-0.15, -0.1) is 0 Å². The third-order valence-corrected chi connectivity index (χ3v) is 8.97. The Labute approximate surface area is 277 Å². The molecule has 1 aliphatic rings. The Morgan fingerprint density at radius 2 is 1.47 bits per heavy atom. The maximum Gasteiger partial charge on any atom is 0.407 e. The van der Waals surface area contributed by atoms with Gasteiger partial charge in [-0.2, -0.15) is 5.26 Å². The minimum atomic E-state index is -1.04. The molecule has 11 heteroatoms. The first-order valence-corrected chi connectivity index (χ1v) is 15.4. The second-order valence-corrected chi connectivity index (χ2v) is 12.3. The third-order valence-electron chi connectivity index (χ3n) is 7.92. The van der Waals surface area contributed by atoms with Gasteiger partial charge in [0, 0.05) is 49.0 Å². The van der Waals surface area contributed by atoms with E-state index in [0.717, 1.165) is 11.1 Å². The van der Waals surface area contributed by atoms with Gasteiger partial charge in [0.05, 0.1) is 28.2 Å². The molecular weight excluding hydrogens is 633 g/mol. The van der Waals surface area contributed by atoms with Crippen LogP contribution in [-0.2, 0) is 12.8 Å². The molecule has 2 amide bonds. The standard InChI is InChI=1S/C34H30Cl3N5O3/c1-40(2)33(43)28-12-11-21(16-31(28)37)25-13-24(17-38)32(39-18-25)41-19-26(14-22-7-3-5-9-29(22)35)42(34(44)45)27(20-41)15-23-8-4-6-10-30(23)36/h3-13,16,18,26-27H,14-15,19-20H2,1-2H3,(H,44,45). The summed E-state index contributed by atoms with van der Waals surface area (Å²) in [6.45, 7) is 0.593. The van der Waals surface area contributed by atoms with Crippen molar-refractivity contribution in [2.24, 2.45) is 0 Å². The molecule has 0 aliphatic carbocycles. The average molecular weight is 663 g/mol. The molecule has 4 aromatic rings. The van der Waals surface area contributed by atoms with Crippen molar-refractivity contribution in [1.82, 2.24) is 14.8 Å². The number of rotatable bonds is 7. The van der Waals surface area contributed by atoms with Crippen molar-refractivity contribution in [3.63, 3.8) is 0 Å². The molecule has 0 radical (unpaired) electrons. The summed E-state index contributed by atoms with van der Waals surface area (Å²) >= 11 is 19.5. The monoisotopic (exact) mass is 661 g/mol. The molecule has 5 rings (SSSR count). The highest BCUT2D eigenvalue weighted by Gasteiger charge is 2.39. The molecule has 3 aromatic carbocycles. The SMILES string of the molecule is CN(C)C(=O)c1ccc(-c2cnc(N3CC(Cc4ccccc4Cl)N(C(=O)O)C(Cc4ccccc4Cl)C3)c(C#N)c2)cc1Cl. The van der Waals surface area contributed by atoms with Gasteiger partial charge in [0.25, 0.3) is 5.91 Å². The van der Waals surface area contributed by atoms with Crippen LogP contribution in [-0.4, -0.2) is 71.2 Å². The number of aromatic nitrogens is 1. The molecule has 2 atom stereocenters. The molecule has 2 unspecified atom stereocenters. The number of carbonyl (C=O) groups is 2. The van der Waals surface area contributed by atoms with Crippen LogP contribution in [0, 0.1) is 11.3 Å². The fourth-order valence-corrected chi connectivity index (χ4v) is 6.45. The number of benzene rings is 3. The topological polar surface area (TPSA) is 101 Å². The van der Waals surface area contributed by atoms with Crippen LogP contribution < -0.4 is 4.90 Å². The summed E-state index contributed by atoms with van der Waals surface area (Å²) in [5.41, 5.74) is 3.71. The van der Waals surface area contributed by atoms with Crippen LogP contribution in [0.1, 0.15) is 27.0 Å². The largest absolute Gasteiger partial charge is 0.465 e. The van der Waals surface area contributed by atoms with Gasteiger partial charge in [-0.25, -0.2) is 9.78 Å². The van der Waals surface area contributed by atoms with Gasteiger partial charge in [-0.05, 0) is 59.9 Å². The maximum atomic E-state index is 12.8. The van der Waals surface area contributed by atoms with Crippen molar-refractivity contribution in [1.29, 1.82) is 5.26 Å². The van der Waals surface area contributed by atoms with E-state index in [2.05, 4.69) is 6.07 Å². The molecule has 45 heavy (non-hydrogen) atoms. The van der Waals surface area contributed by atoms with E-state index in [0.29, 0.717) is 69.1 Å². The van der Waals surface area contributed by atoms with Crippen molar-refractivity contribution < 1.29 is 14.7 Å². The molecule has 1 fully saturated rings. The number of halogens is 3. The highest BCUT2D eigenvalue weighted by Crippen LogP contribution is 2.33. The number of amides is 2. The van der Waals surface area contributed by atoms with Crippen LogP contribution in [0.2, 0.25) is 15.1 Å². The summed E-state index contributed by atoms with van der Waals surface area (Å²) in [7, 11) is 3.31. The van der Waals surface area contributed by atoms with E-state index in [9.17, 15) is 20.0 Å². The number of hydrogen-bond donors (Lipinski definition) is 1. The Kier molecular flexibility index (Phi) is 9.83. The summed E-state index contributed by atoms with van der Waals surface area (Å²) < 4.78 is 0. The Bertz CT molecular complexity index is 1730. The lowest BCUT2D eigenvalue weighted by Crippen LogP contribution is -2.62. The van der Waals surface area contributed by atoms with Crippen LogP contribution in [0.15, 0.2) is 79.0 Å². The van der Waals surface area contributed by atoms with Crippen molar-refractivity contribution in [2.75, 3.05) is 32.1 Å². The first kappa shape index (κ1) is 32.1. The maximum absolute atomic E-state index is 12.8. The van der Waals surface area contributed by atoms with E-state index in [1.807, 2.05) is 41.3 Å². The Morgan fingerprint density at radius 1 is 0.889 bits per heavy atom. The predicted octanol–water partition coefficient (Wildman–Crippen LogP) is 7.30. The Hall–Kier alpha value is -4.29. The summed E-state index contributed by atoms with van der Waals surface area (Å²) in [6.07, 6.45) is 1.36. The van der Waals surface area contributed by atoms with Gasteiger partial charge in [-0.3, -0.25) is 9.69 Å². The van der Waals surface area contributed by atoms with Gasteiger partial charge < -0.3 is 14.9 Å². The third kappa shape index (κ3) is 7.02. The van der Waals surface area contributed by atoms with Gasteiger partial charge in [0.2, 0.25) is 0 Å². The van der Waals surface area contributed by atoms with Crippen molar-refractivity contribution >= 4 is 52.6 Å². The quantitative estimate of drug-likeness (QED) is 0.223. The molecule has 1 aromatic heterocycles. The molecule has 230 valence electrons. The van der Waals surface area contributed by atoms with E-state index in [-0.39, 0.29) is 5.91 Å². The number of nitriles is 1. The zero-order valence-corrected chi connectivity index (χ0v) is 26.9. The number of nitrogens with zero attached hydrogens (tertiary/aromatic N) is 5. The summed E-state index contributed by atoms with van der Waals surface area (Å²) in [5.74, 6) is 0.237. The van der Waals surface area contributed by atoms with Crippen LogP contribution in [0.4, 0.5) is 10.6 Å². The fourth-order valence-electron chi connectivity index (χ4n) is 5.76. The van der Waals surface area contributed by atoms with Crippen molar-refractivity contribution in [3.8, 4) is 17.2 Å². The van der Waals surface area contributed by atoms with Crippen LogP contribution in [0.5, 0.6) is 0 Å². The number of piperazine rings is 1. The number of carbonyl (C=O) groups excluding carboxylic acids is 1. The molecule has 0 spiro atoms. The lowest BCUT2D eigenvalue weighted by Gasteiger charge is -2.46. The Morgan fingerprint density at radius 3 is 1.96 bits per heavy atom. The first-order chi connectivity index (χ1) is 21.6. The summed E-state index contributed by atoms with van der Waals surface area (Å²) in [5, 5.41) is 22.1. The highest BCUT2D eigenvalue weighted by molar-refractivity contribution is 6.34. The second kappa shape index (κ2) is 13.8. The second-order valence-electron chi connectivity index (χ2n) is 11.1. The lowest BCUT2D eigenvalue weighted by atomic mass is 9.95. The Balaban J connectivity index is 1.52. The molecule has 2 heterocycles. The summed E-state index contributed by atoms with van der Waals surface area (Å²) in [4.78, 5) is 34.8. The van der Waals surface area contributed by atoms with Crippen LogP contribution >= 0.6 is 34.8 Å². The lowest BCUT2D eigenvalue weighted by molar-refractivity contribution is 0.0826.